The Labute approximate surface area is 156 Å². The Bertz CT molecular complexity index is 963. The fourth-order valence-electron chi connectivity index (χ4n) is 3.38. The molecule has 0 radical (unpaired) electrons. The lowest BCUT2D eigenvalue weighted by Crippen LogP contribution is -2.40. The van der Waals surface area contributed by atoms with E-state index in [1.807, 2.05) is 0 Å². The molecule has 1 nitrogen and oxygen atoms in total. The second-order valence-electron chi connectivity index (χ2n) is 6.02. The predicted molar refractivity (Wildman–Crippen MR) is 99.2 cm³/mol. The van der Waals surface area contributed by atoms with Crippen LogP contribution in [0.5, 0.6) is 0 Å². The fourth-order valence-corrected chi connectivity index (χ4v) is 3.97. The Kier molecular flexibility index (Phi) is 3.70. The molecule has 0 amide bonds. The molecule has 5 heteroatoms. The third-order valence-corrected chi connectivity index (χ3v) is 5.38. The first-order valence-electron chi connectivity index (χ1n) is 7.62. The lowest BCUT2D eigenvalue weighted by molar-refractivity contribution is -0.0821. The van der Waals surface area contributed by atoms with E-state index in [1.54, 1.807) is 48.5 Å². The molecular weight excluding hydrogens is 440 g/mol. The summed E-state index contributed by atoms with van der Waals surface area (Å²) in [5, 5.41) is 11.0. The zero-order valence-corrected chi connectivity index (χ0v) is 15.0. The normalized spacial score (nSPS) is 18.8. The van der Waals surface area contributed by atoms with Crippen molar-refractivity contribution in [1.29, 1.82) is 0 Å². The maximum absolute atomic E-state index is 14.4. The lowest BCUT2D eigenvalue weighted by atomic mass is 9.90. The van der Waals surface area contributed by atoms with Crippen LogP contribution in [0, 0.1) is 5.82 Å². The van der Waals surface area contributed by atoms with Crippen molar-refractivity contribution in [2.24, 2.45) is 0 Å². The first kappa shape index (κ1) is 16.6. The minimum absolute atomic E-state index is 0.162. The summed E-state index contributed by atoms with van der Waals surface area (Å²) in [5.41, 5.74) is 0.470. The SMILES string of the molecule is OC1(C(F)(F)I)c2ccccc2-c2ccc(-c3ccc(F)cc3)cc21. The van der Waals surface area contributed by atoms with Crippen LogP contribution in [0.2, 0.25) is 0 Å². The van der Waals surface area contributed by atoms with Crippen LogP contribution in [0.15, 0.2) is 66.7 Å². The second kappa shape index (κ2) is 5.57. The van der Waals surface area contributed by atoms with E-state index >= 15 is 0 Å². The average molecular weight is 452 g/mol. The van der Waals surface area contributed by atoms with Crippen LogP contribution >= 0.6 is 22.6 Å². The van der Waals surface area contributed by atoms with E-state index in [2.05, 4.69) is 0 Å². The van der Waals surface area contributed by atoms with Gasteiger partial charge in [0.25, 0.3) is 0 Å². The van der Waals surface area contributed by atoms with E-state index in [9.17, 15) is 18.3 Å². The highest BCUT2D eigenvalue weighted by molar-refractivity contribution is 14.1. The van der Waals surface area contributed by atoms with Crippen LogP contribution in [0.3, 0.4) is 0 Å². The van der Waals surface area contributed by atoms with E-state index in [-0.39, 0.29) is 16.9 Å². The first-order valence-corrected chi connectivity index (χ1v) is 8.70. The molecule has 1 N–H and O–H groups in total. The molecule has 0 saturated heterocycles. The van der Waals surface area contributed by atoms with Gasteiger partial charge in [-0.25, -0.2) is 4.39 Å². The van der Waals surface area contributed by atoms with Crippen molar-refractivity contribution in [3.8, 4) is 22.3 Å². The van der Waals surface area contributed by atoms with Crippen LogP contribution in [-0.4, -0.2) is 9.04 Å². The zero-order valence-electron chi connectivity index (χ0n) is 12.8. The molecule has 25 heavy (non-hydrogen) atoms. The third-order valence-electron chi connectivity index (χ3n) is 4.60. The van der Waals surface area contributed by atoms with E-state index in [4.69, 9.17) is 0 Å². The number of hydrogen-bond donors (Lipinski definition) is 1. The first-order chi connectivity index (χ1) is 11.8. The van der Waals surface area contributed by atoms with Crippen LogP contribution in [-0.2, 0) is 5.60 Å². The van der Waals surface area contributed by atoms with Gasteiger partial charge >= 0.3 is 3.93 Å². The molecule has 1 atom stereocenters. The van der Waals surface area contributed by atoms with E-state index in [0.717, 1.165) is 22.6 Å². The Balaban J connectivity index is 1.97. The molecule has 0 spiro atoms. The van der Waals surface area contributed by atoms with Gasteiger partial charge in [0, 0.05) is 33.7 Å². The van der Waals surface area contributed by atoms with Gasteiger partial charge in [-0.15, -0.1) is 0 Å². The van der Waals surface area contributed by atoms with Crippen molar-refractivity contribution in [3.63, 3.8) is 0 Å². The van der Waals surface area contributed by atoms with E-state index < -0.39 is 9.53 Å². The fraction of sp³-hybridized carbons (Fsp3) is 0.100. The Morgan fingerprint density at radius 2 is 1.40 bits per heavy atom. The summed E-state index contributed by atoms with van der Waals surface area (Å²) in [7, 11) is 0. The van der Waals surface area contributed by atoms with E-state index in [0.29, 0.717) is 22.3 Å². The van der Waals surface area contributed by atoms with Crippen molar-refractivity contribution in [3.05, 3.63) is 83.7 Å². The summed E-state index contributed by atoms with van der Waals surface area (Å²) in [5.74, 6) is -0.368. The Morgan fingerprint density at radius 3 is 2.08 bits per heavy atom. The number of rotatable bonds is 2. The van der Waals surface area contributed by atoms with Crippen molar-refractivity contribution in [2.75, 3.05) is 0 Å². The third kappa shape index (κ3) is 2.40. The minimum atomic E-state index is -3.40. The molecular formula is C20H12F3IO. The quantitative estimate of drug-likeness (QED) is 0.389. The lowest BCUT2D eigenvalue weighted by Gasteiger charge is -2.30. The van der Waals surface area contributed by atoms with Gasteiger partial charge in [-0.3, -0.25) is 0 Å². The van der Waals surface area contributed by atoms with Crippen LogP contribution in [0.25, 0.3) is 22.3 Å². The highest BCUT2D eigenvalue weighted by atomic mass is 127. The van der Waals surface area contributed by atoms with Gasteiger partial charge in [0.15, 0.2) is 5.60 Å². The monoisotopic (exact) mass is 452 g/mol. The largest absolute Gasteiger partial charge is 0.374 e. The number of alkyl halides is 3. The molecule has 0 bridgehead atoms. The highest BCUT2D eigenvalue weighted by Crippen LogP contribution is 2.57. The summed E-state index contributed by atoms with van der Waals surface area (Å²) in [6.45, 7) is 0. The molecule has 1 unspecified atom stereocenters. The summed E-state index contributed by atoms with van der Waals surface area (Å²) in [6, 6.07) is 17.5. The maximum atomic E-state index is 14.4. The summed E-state index contributed by atoms with van der Waals surface area (Å²) in [6.07, 6.45) is 0. The van der Waals surface area contributed by atoms with E-state index in [1.165, 1.54) is 18.2 Å². The molecule has 4 rings (SSSR count). The summed E-state index contributed by atoms with van der Waals surface area (Å²) >= 11 is 0.987. The summed E-state index contributed by atoms with van der Waals surface area (Å²) < 4.78 is 38.6. The zero-order chi connectivity index (χ0) is 17.8. The molecule has 3 aromatic carbocycles. The van der Waals surface area contributed by atoms with Crippen molar-refractivity contribution in [1.82, 2.24) is 0 Å². The number of aliphatic hydroxyl groups is 1. The number of benzene rings is 3. The van der Waals surface area contributed by atoms with Gasteiger partial charge in [-0.2, -0.15) is 8.78 Å². The molecule has 0 saturated carbocycles. The molecule has 0 heterocycles. The van der Waals surface area contributed by atoms with Gasteiger partial charge < -0.3 is 5.11 Å². The van der Waals surface area contributed by atoms with Gasteiger partial charge in [-0.05, 0) is 40.5 Å². The van der Waals surface area contributed by atoms with Crippen molar-refractivity contribution in [2.45, 2.75) is 9.53 Å². The maximum Gasteiger partial charge on any atom is 0.332 e. The topological polar surface area (TPSA) is 20.2 Å². The molecule has 1 aliphatic rings. The van der Waals surface area contributed by atoms with Crippen molar-refractivity contribution < 1.29 is 18.3 Å². The molecule has 0 aliphatic heterocycles. The van der Waals surface area contributed by atoms with Crippen LogP contribution in [0.4, 0.5) is 13.2 Å². The van der Waals surface area contributed by atoms with Crippen LogP contribution < -0.4 is 0 Å². The average Bonchev–Trinajstić information content (AvgIpc) is 2.86. The van der Waals surface area contributed by atoms with Gasteiger partial charge in [0.1, 0.15) is 5.82 Å². The molecule has 3 aromatic rings. The summed E-state index contributed by atoms with van der Waals surface area (Å²) in [4.78, 5) is 0. The Morgan fingerprint density at radius 1 is 0.800 bits per heavy atom. The standard InChI is InChI=1S/C20H12F3IO/c21-14-8-5-12(6-9-14)13-7-10-16-15-3-1-2-4-17(15)19(25,18(16)11-13)20(22,23)24/h1-11,25H. The molecule has 126 valence electrons. The molecule has 1 aliphatic carbocycles. The molecule has 0 aromatic heterocycles. The van der Waals surface area contributed by atoms with Gasteiger partial charge in [0.05, 0.1) is 0 Å². The second-order valence-corrected chi connectivity index (χ2v) is 7.38. The van der Waals surface area contributed by atoms with Crippen molar-refractivity contribution >= 4 is 22.6 Å². The van der Waals surface area contributed by atoms with Gasteiger partial charge in [-0.1, -0.05) is 48.5 Å². The number of halogens is 4. The Hall–Kier alpha value is -1.86. The molecule has 0 fully saturated rings. The minimum Gasteiger partial charge on any atom is -0.374 e. The van der Waals surface area contributed by atoms with Crippen LogP contribution in [0.1, 0.15) is 11.1 Å². The predicted octanol–water partition coefficient (Wildman–Crippen LogP) is 5.74. The van der Waals surface area contributed by atoms with Gasteiger partial charge in [0.2, 0.25) is 0 Å². The highest BCUT2D eigenvalue weighted by Gasteiger charge is 2.58. The smallest absolute Gasteiger partial charge is 0.332 e. The number of fused-ring (bicyclic) bond motifs is 3. The number of hydrogen-bond acceptors (Lipinski definition) is 1.